The quantitative estimate of drug-likeness (QED) is 0.303. The van der Waals surface area contributed by atoms with E-state index in [1.807, 2.05) is 32.0 Å². The smallest absolute Gasteiger partial charge is 0.243 e. The second-order valence-corrected chi connectivity index (χ2v) is 5.26. The molecule has 0 spiro atoms. The third-order valence-electron chi connectivity index (χ3n) is 4.00. The lowest BCUT2D eigenvalue weighted by atomic mass is 10.0. The van der Waals surface area contributed by atoms with Crippen LogP contribution in [0.2, 0.25) is 0 Å². The fourth-order valence-corrected chi connectivity index (χ4v) is 2.92. The number of fused-ring (bicyclic) bond motifs is 4. The van der Waals surface area contributed by atoms with Gasteiger partial charge in [0.25, 0.3) is 0 Å². The Morgan fingerprint density at radius 2 is 1.71 bits per heavy atom. The Bertz CT molecular complexity index is 1070. The van der Waals surface area contributed by atoms with Crippen molar-refractivity contribution in [1.29, 1.82) is 0 Å². The number of hydrogen-bond donors (Lipinski definition) is 1. The summed E-state index contributed by atoms with van der Waals surface area (Å²) in [6.45, 7) is 4.03. The molecule has 2 aromatic heterocycles. The first-order valence-electron chi connectivity index (χ1n) is 6.77. The Balaban J connectivity index is 2.38. The zero-order chi connectivity index (χ0) is 14.6. The topological polar surface area (TPSA) is 64.7 Å². The van der Waals surface area contributed by atoms with Crippen LogP contribution in [-0.4, -0.2) is 0 Å². The Morgan fingerprint density at radius 1 is 0.952 bits per heavy atom. The summed E-state index contributed by atoms with van der Waals surface area (Å²) in [4.78, 5) is 0. The van der Waals surface area contributed by atoms with Crippen molar-refractivity contribution in [3.8, 4) is 0 Å². The van der Waals surface area contributed by atoms with Gasteiger partial charge in [0.15, 0.2) is 0 Å². The van der Waals surface area contributed by atoms with Gasteiger partial charge in [-0.25, -0.2) is 0 Å². The zero-order valence-corrected chi connectivity index (χ0v) is 11.8. The maximum atomic E-state index is 5.92. The lowest BCUT2D eigenvalue weighted by Gasteiger charge is -2.07. The van der Waals surface area contributed by atoms with Crippen molar-refractivity contribution in [2.24, 2.45) is 10.9 Å². The third kappa shape index (κ3) is 1.53. The van der Waals surface area contributed by atoms with E-state index < -0.39 is 0 Å². The van der Waals surface area contributed by atoms with Crippen LogP contribution in [0.5, 0.6) is 0 Å². The van der Waals surface area contributed by atoms with Crippen LogP contribution in [0.4, 0.5) is 0 Å². The number of aryl methyl sites for hydroxylation is 2. The molecule has 4 nitrogen and oxygen atoms in total. The molecule has 0 aliphatic heterocycles. The molecule has 0 radical (unpaired) electrons. The Morgan fingerprint density at radius 3 is 2.48 bits per heavy atom. The summed E-state index contributed by atoms with van der Waals surface area (Å²) in [7, 11) is 0. The first-order valence-corrected chi connectivity index (χ1v) is 6.77. The standard InChI is InChI=1S/C17H14N2O2/c1-9-8-20-15-10(2)16-14(7-13(9)15)11-5-3-4-6-12(11)17(19-18)21-16/h3-8H,18H2,1-2H3/b19-17-. The normalized spacial score (nSPS) is 12.8. The first kappa shape index (κ1) is 12.0. The SMILES string of the molecule is Cc1coc2c(C)c3o/c(=N\N)c4ccccc4c3cc12. The lowest BCUT2D eigenvalue weighted by Crippen LogP contribution is -2.06. The highest BCUT2D eigenvalue weighted by Gasteiger charge is 2.14. The monoisotopic (exact) mass is 278 g/mol. The van der Waals surface area contributed by atoms with Gasteiger partial charge < -0.3 is 14.7 Å². The lowest BCUT2D eigenvalue weighted by molar-refractivity contribution is 0.542. The molecular weight excluding hydrogens is 264 g/mol. The van der Waals surface area contributed by atoms with E-state index in [-0.39, 0.29) is 0 Å². The number of rotatable bonds is 0. The second-order valence-electron chi connectivity index (χ2n) is 5.26. The molecule has 104 valence electrons. The third-order valence-corrected chi connectivity index (χ3v) is 4.00. The van der Waals surface area contributed by atoms with E-state index in [1.54, 1.807) is 6.26 Å². The summed E-state index contributed by atoms with van der Waals surface area (Å²) in [5, 5.41) is 7.92. The molecule has 21 heavy (non-hydrogen) atoms. The van der Waals surface area contributed by atoms with Crippen LogP contribution >= 0.6 is 0 Å². The molecule has 0 aliphatic rings. The van der Waals surface area contributed by atoms with Gasteiger partial charge in [0.1, 0.15) is 11.2 Å². The van der Waals surface area contributed by atoms with Crippen LogP contribution in [0.3, 0.4) is 0 Å². The van der Waals surface area contributed by atoms with Crippen LogP contribution < -0.4 is 11.4 Å². The van der Waals surface area contributed by atoms with Gasteiger partial charge in [-0.05, 0) is 36.9 Å². The molecule has 0 saturated carbocycles. The molecule has 4 aromatic rings. The minimum Gasteiger partial charge on any atom is -0.464 e. The van der Waals surface area contributed by atoms with Crippen molar-refractivity contribution in [3.05, 3.63) is 53.3 Å². The fraction of sp³-hybridized carbons (Fsp3) is 0.118. The van der Waals surface area contributed by atoms with Gasteiger partial charge in [0, 0.05) is 21.7 Å². The summed E-state index contributed by atoms with van der Waals surface area (Å²) in [5.41, 5.74) is 4.13. The van der Waals surface area contributed by atoms with Gasteiger partial charge in [-0.3, -0.25) is 0 Å². The van der Waals surface area contributed by atoms with Gasteiger partial charge in [-0.1, -0.05) is 18.2 Å². The van der Waals surface area contributed by atoms with Crippen molar-refractivity contribution in [2.45, 2.75) is 13.8 Å². The number of hydrogen-bond acceptors (Lipinski definition) is 4. The molecule has 4 rings (SSSR count). The van der Waals surface area contributed by atoms with E-state index >= 15 is 0 Å². The van der Waals surface area contributed by atoms with Crippen LogP contribution in [0.15, 0.2) is 50.5 Å². The molecule has 2 heterocycles. The highest BCUT2D eigenvalue weighted by molar-refractivity contribution is 6.10. The van der Waals surface area contributed by atoms with Gasteiger partial charge in [0.2, 0.25) is 5.55 Å². The molecule has 0 amide bonds. The molecule has 0 unspecified atom stereocenters. The average molecular weight is 278 g/mol. The van der Waals surface area contributed by atoms with E-state index in [9.17, 15) is 0 Å². The van der Waals surface area contributed by atoms with Crippen molar-refractivity contribution in [3.63, 3.8) is 0 Å². The Labute approximate surface area is 120 Å². The van der Waals surface area contributed by atoms with Crippen LogP contribution in [0, 0.1) is 13.8 Å². The summed E-state index contributed by atoms with van der Waals surface area (Å²) in [6.07, 6.45) is 1.77. The van der Waals surface area contributed by atoms with E-state index in [0.717, 1.165) is 43.8 Å². The first-order chi connectivity index (χ1) is 10.2. The van der Waals surface area contributed by atoms with E-state index in [2.05, 4.69) is 17.2 Å². The van der Waals surface area contributed by atoms with Crippen LogP contribution in [0.1, 0.15) is 11.1 Å². The van der Waals surface area contributed by atoms with Gasteiger partial charge >= 0.3 is 0 Å². The minimum absolute atomic E-state index is 0.434. The molecule has 0 fully saturated rings. The van der Waals surface area contributed by atoms with Crippen molar-refractivity contribution in [2.75, 3.05) is 0 Å². The Hall–Kier alpha value is -2.75. The molecule has 0 bridgehead atoms. The number of nitrogens with zero attached hydrogens (tertiary/aromatic N) is 1. The molecule has 0 aliphatic carbocycles. The van der Waals surface area contributed by atoms with Crippen LogP contribution in [0.25, 0.3) is 32.7 Å². The average Bonchev–Trinajstić information content (AvgIpc) is 2.89. The number of benzene rings is 2. The molecule has 0 atom stereocenters. The second kappa shape index (κ2) is 4.12. The summed E-state index contributed by atoms with van der Waals surface area (Å²) < 4.78 is 11.6. The predicted molar refractivity (Wildman–Crippen MR) is 82.7 cm³/mol. The van der Waals surface area contributed by atoms with E-state index in [4.69, 9.17) is 14.7 Å². The summed E-state index contributed by atoms with van der Waals surface area (Å²) in [6, 6.07) is 10.1. The van der Waals surface area contributed by atoms with Gasteiger partial charge in [-0.2, -0.15) is 0 Å². The van der Waals surface area contributed by atoms with E-state index in [1.165, 1.54) is 0 Å². The Kier molecular flexibility index (Phi) is 2.36. The number of nitrogens with two attached hydrogens (primary N) is 1. The zero-order valence-electron chi connectivity index (χ0n) is 11.8. The van der Waals surface area contributed by atoms with Crippen molar-refractivity contribution >= 4 is 32.7 Å². The largest absolute Gasteiger partial charge is 0.464 e. The van der Waals surface area contributed by atoms with Gasteiger partial charge in [0.05, 0.1) is 6.26 Å². The summed E-state index contributed by atoms with van der Waals surface area (Å²) >= 11 is 0. The fourth-order valence-electron chi connectivity index (χ4n) is 2.92. The molecule has 2 N–H and O–H groups in total. The molecule has 4 heteroatoms. The highest BCUT2D eigenvalue weighted by Crippen LogP contribution is 2.33. The van der Waals surface area contributed by atoms with Crippen molar-refractivity contribution < 1.29 is 8.83 Å². The highest BCUT2D eigenvalue weighted by atomic mass is 16.3. The minimum atomic E-state index is 0.434. The molecular formula is C17H14N2O2. The van der Waals surface area contributed by atoms with Gasteiger partial charge in [-0.15, -0.1) is 5.10 Å². The summed E-state index contributed by atoms with van der Waals surface area (Å²) in [5.74, 6) is 5.48. The van der Waals surface area contributed by atoms with Crippen LogP contribution in [-0.2, 0) is 0 Å². The maximum Gasteiger partial charge on any atom is 0.243 e. The number of furan rings is 1. The van der Waals surface area contributed by atoms with E-state index in [0.29, 0.717) is 5.55 Å². The molecule has 0 saturated heterocycles. The molecule has 2 aromatic carbocycles. The van der Waals surface area contributed by atoms with Crippen molar-refractivity contribution in [1.82, 2.24) is 0 Å². The predicted octanol–water partition coefficient (Wildman–Crippen LogP) is 3.72. The maximum absolute atomic E-state index is 5.92.